The van der Waals surface area contributed by atoms with E-state index in [-0.39, 0.29) is 29.9 Å². The Hall–Kier alpha value is -1.49. The van der Waals surface area contributed by atoms with Crippen molar-refractivity contribution in [2.24, 2.45) is 10.9 Å². The van der Waals surface area contributed by atoms with Crippen LogP contribution < -0.4 is 10.6 Å². The summed E-state index contributed by atoms with van der Waals surface area (Å²) in [5.74, 6) is 0.915. The molecule has 0 amide bonds. The summed E-state index contributed by atoms with van der Waals surface area (Å²) in [6.45, 7) is 5.13. The molecular weight excluding hydrogens is 506 g/mol. The molecule has 1 aliphatic heterocycles. The normalized spacial score (nSPS) is 17.9. The van der Waals surface area contributed by atoms with Crippen molar-refractivity contribution < 1.29 is 13.2 Å². The lowest BCUT2D eigenvalue weighted by atomic mass is 10.1. The van der Waals surface area contributed by atoms with Gasteiger partial charge in [0.15, 0.2) is 5.96 Å². The van der Waals surface area contributed by atoms with E-state index in [9.17, 15) is 13.2 Å². The minimum absolute atomic E-state index is 0. The van der Waals surface area contributed by atoms with Crippen LogP contribution in [0.4, 0.5) is 13.2 Å². The number of aliphatic imine (C=N–C) groups is 1. The quantitative estimate of drug-likeness (QED) is 0.231. The number of likely N-dealkylation sites (tertiary alicyclic amines) is 1. The number of hydrogen-bond acceptors (Lipinski definition) is 2. The van der Waals surface area contributed by atoms with E-state index in [0.29, 0.717) is 19.6 Å². The molecule has 30 heavy (non-hydrogen) atoms. The van der Waals surface area contributed by atoms with Gasteiger partial charge in [0, 0.05) is 44.4 Å². The maximum Gasteiger partial charge on any atom is 0.401 e. The Morgan fingerprint density at radius 2 is 2.00 bits per heavy atom. The second-order valence-corrected chi connectivity index (χ2v) is 7.57. The van der Waals surface area contributed by atoms with Crippen molar-refractivity contribution in [3.05, 3.63) is 36.5 Å². The van der Waals surface area contributed by atoms with Crippen LogP contribution in [0.5, 0.6) is 0 Å². The molecule has 1 atom stereocenters. The Morgan fingerprint density at radius 1 is 1.20 bits per heavy atom. The number of para-hydroxylation sites is 1. The molecular formula is C21H31F3IN5. The monoisotopic (exact) mass is 537 g/mol. The van der Waals surface area contributed by atoms with Gasteiger partial charge in [-0.1, -0.05) is 18.2 Å². The fourth-order valence-electron chi connectivity index (χ4n) is 3.81. The second-order valence-electron chi connectivity index (χ2n) is 7.57. The Bertz CT molecular complexity index is 805. The van der Waals surface area contributed by atoms with Crippen LogP contribution in [0.2, 0.25) is 0 Å². The van der Waals surface area contributed by atoms with E-state index in [1.807, 2.05) is 19.1 Å². The average molecular weight is 537 g/mol. The number of aryl methyl sites for hydroxylation is 1. The maximum atomic E-state index is 12.5. The number of benzene rings is 1. The highest BCUT2D eigenvalue weighted by Crippen LogP contribution is 2.22. The van der Waals surface area contributed by atoms with Gasteiger partial charge in [-0.25, -0.2) is 0 Å². The first kappa shape index (κ1) is 24.8. The van der Waals surface area contributed by atoms with Crippen LogP contribution in [0.15, 0.2) is 41.5 Å². The Labute approximate surface area is 193 Å². The number of rotatable bonds is 8. The van der Waals surface area contributed by atoms with E-state index >= 15 is 0 Å². The predicted octanol–water partition coefficient (Wildman–Crippen LogP) is 4.09. The lowest BCUT2D eigenvalue weighted by Crippen LogP contribution is -2.38. The van der Waals surface area contributed by atoms with Crippen LogP contribution in [-0.2, 0) is 6.54 Å². The minimum atomic E-state index is -4.13. The molecule has 1 aliphatic rings. The van der Waals surface area contributed by atoms with Crippen molar-refractivity contribution >= 4 is 40.8 Å². The van der Waals surface area contributed by atoms with E-state index in [4.69, 9.17) is 0 Å². The third-order valence-corrected chi connectivity index (χ3v) is 5.17. The van der Waals surface area contributed by atoms with E-state index in [0.717, 1.165) is 38.4 Å². The van der Waals surface area contributed by atoms with Crippen LogP contribution >= 0.6 is 24.0 Å². The summed E-state index contributed by atoms with van der Waals surface area (Å²) >= 11 is 0. The lowest BCUT2D eigenvalue weighted by molar-refractivity contribution is -0.143. The third-order valence-electron chi connectivity index (χ3n) is 5.17. The summed E-state index contributed by atoms with van der Waals surface area (Å²) in [6.07, 6.45) is -0.304. The largest absolute Gasteiger partial charge is 0.401 e. The number of hydrogen-bond donors (Lipinski definition) is 2. The van der Waals surface area contributed by atoms with E-state index < -0.39 is 12.7 Å². The van der Waals surface area contributed by atoms with E-state index in [1.54, 1.807) is 0 Å². The summed E-state index contributed by atoms with van der Waals surface area (Å²) in [6, 6.07) is 10.4. The number of guanidine groups is 1. The second kappa shape index (κ2) is 11.8. The lowest BCUT2D eigenvalue weighted by Gasteiger charge is -2.17. The molecule has 1 saturated heterocycles. The van der Waals surface area contributed by atoms with Gasteiger partial charge in [-0.2, -0.15) is 13.2 Å². The van der Waals surface area contributed by atoms with Gasteiger partial charge >= 0.3 is 6.18 Å². The molecule has 2 heterocycles. The van der Waals surface area contributed by atoms with Crippen LogP contribution in [0, 0.1) is 5.92 Å². The zero-order chi connectivity index (χ0) is 20.7. The van der Waals surface area contributed by atoms with E-state index in [2.05, 4.69) is 44.6 Å². The molecule has 3 rings (SSSR count). The highest BCUT2D eigenvalue weighted by atomic mass is 127. The summed E-state index contributed by atoms with van der Waals surface area (Å²) in [5.41, 5.74) is 1.23. The van der Waals surface area contributed by atoms with Gasteiger partial charge in [-0.05, 0) is 49.7 Å². The third kappa shape index (κ3) is 7.64. The Balaban J connectivity index is 0.00000320. The number of nitrogens with zero attached hydrogens (tertiary/aromatic N) is 3. The van der Waals surface area contributed by atoms with Gasteiger partial charge in [0.05, 0.1) is 6.54 Å². The van der Waals surface area contributed by atoms with Crippen LogP contribution in [0.1, 0.15) is 19.8 Å². The van der Waals surface area contributed by atoms with E-state index in [1.165, 1.54) is 15.8 Å². The van der Waals surface area contributed by atoms with Crippen molar-refractivity contribution in [1.82, 2.24) is 20.1 Å². The fraction of sp³-hybridized carbons (Fsp3) is 0.571. The van der Waals surface area contributed by atoms with Gasteiger partial charge in [-0.3, -0.25) is 9.89 Å². The maximum absolute atomic E-state index is 12.5. The first-order chi connectivity index (χ1) is 13.9. The van der Waals surface area contributed by atoms with Gasteiger partial charge in [0.25, 0.3) is 0 Å². The Morgan fingerprint density at radius 3 is 2.77 bits per heavy atom. The molecule has 0 radical (unpaired) electrons. The summed E-state index contributed by atoms with van der Waals surface area (Å²) in [4.78, 5) is 6.06. The fourth-order valence-corrected chi connectivity index (χ4v) is 3.81. The molecule has 5 nitrogen and oxygen atoms in total. The van der Waals surface area contributed by atoms with Gasteiger partial charge in [-0.15, -0.1) is 24.0 Å². The van der Waals surface area contributed by atoms with Gasteiger partial charge < -0.3 is 15.2 Å². The highest BCUT2D eigenvalue weighted by molar-refractivity contribution is 14.0. The Kier molecular flexibility index (Phi) is 9.73. The van der Waals surface area contributed by atoms with Crippen molar-refractivity contribution in [3.63, 3.8) is 0 Å². The van der Waals surface area contributed by atoms with Crippen molar-refractivity contribution in [2.75, 3.05) is 39.3 Å². The number of fused-ring (bicyclic) bond motifs is 1. The molecule has 0 aliphatic carbocycles. The molecule has 168 valence electrons. The first-order valence-corrected chi connectivity index (χ1v) is 10.3. The molecule has 2 aromatic rings. The number of aromatic nitrogens is 1. The van der Waals surface area contributed by atoms with Crippen molar-refractivity contribution in [1.29, 1.82) is 0 Å². The van der Waals surface area contributed by atoms with Crippen molar-refractivity contribution in [2.45, 2.75) is 32.5 Å². The standard InChI is InChI=1S/C21H30F3N5.HI/c1-2-25-20(27-14-17-8-12-28(15-17)16-21(22,23)24)26-10-5-11-29-13-9-18-6-3-4-7-19(18)29;/h3-4,6-7,9,13,17H,2,5,8,10-12,14-16H2,1H3,(H2,25,26,27);1H. The van der Waals surface area contributed by atoms with Gasteiger partial charge in [0.2, 0.25) is 0 Å². The molecule has 2 N–H and O–H groups in total. The molecule has 0 bridgehead atoms. The molecule has 1 aromatic carbocycles. The molecule has 1 unspecified atom stereocenters. The number of alkyl halides is 3. The molecule has 0 spiro atoms. The van der Waals surface area contributed by atoms with Crippen LogP contribution in [-0.4, -0.2) is 60.9 Å². The van der Waals surface area contributed by atoms with Crippen LogP contribution in [0.25, 0.3) is 10.9 Å². The minimum Gasteiger partial charge on any atom is -0.357 e. The molecule has 1 aromatic heterocycles. The average Bonchev–Trinajstić information content (AvgIpc) is 3.28. The summed E-state index contributed by atoms with van der Waals surface area (Å²) < 4.78 is 39.8. The smallest absolute Gasteiger partial charge is 0.357 e. The van der Waals surface area contributed by atoms with Gasteiger partial charge in [0.1, 0.15) is 0 Å². The highest BCUT2D eigenvalue weighted by Gasteiger charge is 2.34. The summed E-state index contributed by atoms with van der Waals surface area (Å²) in [7, 11) is 0. The number of halogens is 4. The van der Waals surface area contributed by atoms with Crippen LogP contribution in [0.3, 0.4) is 0 Å². The molecule has 9 heteroatoms. The van der Waals surface area contributed by atoms with Crippen molar-refractivity contribution in [3.8, 4) is 0 Å². The molecule has 1 fully saturated rings. The predicted molar refractivity (Wildman–Crippen MR) is 127 cm³/mol. The topological polar surface area (TPSA) is 44.6 Å². The summed E-state index contributed by atoms with van der Waals surface area (Å²) in [5, 5.41) is 7.80. The zero-order valence-corrected chi connectivity index (χ0v) is 19.6. The SMILES string of the molecule is CCNC(=NCC1CCN(CC(F)(F)F)C1)NCCCn1ccc2ccccc21.I. The zero-order valence-electron chi connectivity index (χ0n) is 17.3. The number of nitrogens with one attached hydrogen (secondary N) is 2. The first-order valence-electron chi connectivity index (χ1n) is 10.3. The molecule has 0 saturated carbocycles.